The molecule has 4 rings (SSSR count). The molecule has 0 saturated carbocycles. The Balaban J connectivity index is 1.22. The maximum atomic E-state index is 12.5. The van der Waals surface area contributed by atoms with Gasteiger partial charge in [0.2, 0.25) is 0 Å². The van der Waals surface area contributed by atoms with Gasteiger partial charge in [-0.2, -0.15) is 0 Å². The van der Waals surface area contributed by atoms with Crippen molar-refractivity contribution in [1.82, 2.24) is 19.8 Å². The Morgan fingerprint density at radius 2 is 1.77 bits per heavy atom. The molecule has 1 amide bonds. The van der Waals surface area contributed by atoms with Crippen molar-refractivity contribution in [1.29, 1.82) is 0 Å². The van der Waals surface area contributed by atoms with Gasteiger partial charge in [-0.25, -0.2) is 4.79 Å². The lowest BCUT2D eigenvalue weighted by atomic mass is 10.1. The summed E-state index contributed by atoms with van der Waals surface area (Å²) in [5.41, 5.74) is 4.56. The second-order valence-electron chi connectivity index (χ2n) is 7.96. The van der Waals surface area contributed by atoms with Crippen LogP contribution in [0.15, 0.2) is 67.1 Å². The molecular formula is C25H28N4O2. The van der Waals surface area contributed by atoms with Crippen LogP contribution in [0.4, 0.5) is 4.79 Å². The van der Waals surface area contributed by atoms with Gasteiger partial charge in [0.15, 0.2) is 0 Å². The number of amides is 1. The molecule has 3 aromatic rings. The molecule has 1 aromatic carbocycles. The van der Waals surface area contributed by atoms with Crippen molar-refractivity contribution in [2.75, 3.05) is 32.7 Å². The van der Waals surface area contributed by atoms with Crippen LogP contribution in [-0.2, 0) is 12.8 Å². The summed E-state index contributed by atoms with van der Waals surface area (Å²) in [5, 5.41) is 0. The molecule has 0 aliphatic carbocycles. The summed E-state index contributed by atoms with van der Waals surface area (Å²) in [6, 6.07) is 15.9. The molecule has 31 heavy (non-hydrogen) atoms. The van der Waals surface area contributed by atoms with Crippen molar-refractivity contribution < 1.29 is 9.53 Å². The van der Waals surface area contributed by atoms with Gasteiger partial charge in [0, 0.05) is 63.4 Å². The predicted octanol–water partition coefficient (Wildman–Crippen LogP) is 3.73. The first-order valence-corrected chi connectivity index (χ1v) is 10.7. The van der Waals surface area contributed by atoms with E-state index in [1.807, 2.05) is 55.7 Å². The van der Waals surface area contributed by atoms with E-state index in [-0.39, 0.29) is 6.09 Å². The van der Waals surface area contributed by atoms with Gasteiger partial charge in [-0.05, 0) is 54.3 Å². The number of pyridine rings is 2. The lowest BCUT2D eigenvalue weighted by Gasteiger charge is -2.34. The minimum atomic E-state index is -0.278. The SMILES string of the molecule is Cc1ccc(Cc2ccc(OC(=O)N3CCN(CCc4cccnc4)CC3)cc2)nc1. The Morgan fingerprint density at radius 1 is 0.968 bits per heavy atom. The number of aromatic nitrogens is 2. The number of piperazine rings is 1. The van der Waals surface area contributed by atoms with E-state index in [4.69, 9.17) is 4.74 Å². The van der Waals surface area contributed by atoms with E-state index in [0.29, 0.717) is 18.8 Å². The normalized spacial score (nSPS) is 14.4. The van der Waals surface area contributed by atoms with E-state index in [9.17, 15) is 4.79 Å². The van der Waals surface area contributed by atoms with E-state index in [0.717, 1.165) is 49.3 Å². The number of rotatable bonds is 6. The van der Waals surface area contributed by atoms with Crippen LogP contribution in [0.5, 0.6) is 5.75 Å². The van der Waals surface area contributed by atoms with Crippen molar-refractivity contribution in [2.24, 2.45) is 0 Å². The number of aryl methyl sites for hydroxylation is 1. The van der Waals surface area contributed by atoms with Gasteiger partial charge in [-0.15, -0.1) is 0 Å². The molecular weight excluding hydrogens is 388 g/mol. The molecule has 1 aliphatic rings. The Morgan fingerprint density at radius 3 is 2.45 bits per heavy atom. The molecule has 0 bridgehead atoms. The molecule has 6 heteroatoms. The molecule has 6 nitrogen and oxygen atoms in total. The highest BCUT2D eigenvalue weighted by Gasteiger charge is 2.22. The summed E-state index contributed by atoms with van der Waals surface area (Å²) in [7, 11) is 0. The highest BCUT2D eigenvalue weighted by Crippen LogP contribution is 2.16. The number of hydrogen-bond acceptors (Lipinski definition) is 5. The maximum Gasteiger partial charge on any atom is 0.415 e. The number of carbonyl (C=O) groups is 1. The fraction of sp³-hybridized carbons (Fsp3) is 0.320. The molecule has 3 heterocycles. The van der Waals surface area contributed by atoms with Gasteiger partial charge in [-0.1, -0.05) is 24.3 Å². The highest BCUT2D eigenvalue weighted by atomic mass is 16.6. The largest absolute Gasteiger partial charge is 0.415 e. The molecule has 160 valence electrons. The quantitative estimate of drug-likeness (QED) is 0.613. The van der Waals surface area contributed by atoms with Gasteiger partial charge < -0.3 is 9.64 Å². The third-order valence-corrected chi connectivity index (χ3v) is 5.56. The van der Waals surface area contributed by atoms with Crippen molar-refractivity contribution in [3.05, 3.63) is 89.5 Å². The average molecular weight is 417 g/mol. The molecule has 0 atom stereocenters. The van der Waals surface area contributed by atoms with Crippen LogP contribution >= 0.6 is 0 Å². The first kappa shape index (κ1) is 21.0. The van der Waals surface area contributed by atoms with Crippen LogP contribution in [-0.4, -0.2) is 58.6 Å². The zero-order chi connectivity index (χ0) is 21.5. The summed E-state index contributed by atoms with van der Waals surface area (Å²) >= 11 is 0. The van der Waals surface area contributed by atoms with E-state index < -0.39 is 0 Å². The number of benzene rings is 1. The second kappa shape index (κ2) is 10.2. The Labute approximate surface area is 183 Å². The lowest BCUT2D eigenvalue weighted by Crippen LogP contribution is -2.49. The Hall–Kier alpha value is -3.25. The summed E-state index contributed by atoms with van der Waals surface area (Å²) in [5.74, 6) is 0.574. The fourth-order valence-corrected chi connectivity index (χ4v) is 3.64. The first-order chi connectivity index (χ1) is 15.2. The van der Waals surface area contributed by atoms with Gasteiger partial charge in [0.05, 0.1) is 0 Å². The molecule has 0 unspecified atom stereocenters. The van der Waals surface area contributed by atoms with Crippen molar-refractivity contribution in [3.63, 3.8) is 0 Å². The van der Waals surface area contributed by atoms with Crippen molar-refractivity contribution >= 4 is 6.09 Å². The van der Waals surface area contributed by atoms with E-state index in [1.54, 1.807) is 11.1 Å². The Kier molecular flexibility index (Phi) is 6.89. The van der Waals surface area contributed by atoms with Crippen LogP contribution in [0.3, 0.4) is 0 Å². The van der Waals surface area contributed by atoms with Crippen LogP contribution in [0, 0.1) is 6.92 Å². The van der Waals surface area contributed by atoms with Crippen LogP contribution in [0.25, 0.3) is 0 Å². The van der Waals surface area contributed by atoms with E-state index in [2.05, 4.69) is 27.0 Å². The summed E-state index contributed by atoms with van der Waals surface area (Å²) in [6.45, 7) is 6.09. The summed E-state index contributed by atoms with van der Waals surface area (Å²) in [6.07, 6.45) is 7.04. The van der Waals surface area contributed by atoms with Crippen LogP contribution in [0.1, 0.15) is 22.4 Å². The second-order valence-corrected chi connectivity index (χ2v) is 7.96. The first-order valence-electron chi connectivity index (χ1n) is 10.7. The molecule has 2 aromatic heterocycles. The Bertz CT molecular complexity index is 967. The van der Waals surface area contributed by atoms with Crippen molar-refractivity contribution in [2.45, 2.75) is 19.8 Å². The topological polar surface area (TPSA) is 58.6 Å². The van der Waals surface area contributed by atoms with Gasteiger partial charge in [0.1, 0.15) is 5.75 Å². The fourth-order valence-electron chi connectivity index (χ4n) is 3.64. The number of ether oxygens (including phenoxy) is 1. The average Bonchev–Trinajstić information content (AvgIpc) is 2.81. The van der Waals surface area contributed by atoms with Gasteiger partial charge in [0.25, 0.3) is 0 Å². The summed E-state index contributed by atoms with van der Waals surface area (Å²) < 4.78 is 5.58. The molecule has 1 fully saturated rings. The number of carbonyl (C=O) groups excluding carboxylic acids is 1. The summed E-state index contributed by atoms with van der Waals surface area (Å²) in [4.78, 5) is 25.3. The predicted molar refractivity (Wildman–Crippen MR) is 120 cm³/mol. The monoisotopic (exact) mass is 416 g/mol. The third-order valence-electron chi connectivity index (χ3n) is 5.56. The van der Waals surface area contributed by atoms with Crippen molar-refractivity contribution in [3.8, 4) is 5.75 Å². The highest BCUT2D eigenvalue weighted by molar-refractivity contribution is 5.70. The third kappa shape index (κ3) is 6.12. The molecule has 1 saturated heterocycles. The molecule has 0 spiro atoms. The molecule has 1 aliphatic heterocycles. The standard InChI is InChI=1S/C25H28N4O2/c1-20-4-7-23(27-18-20)17-21-5-8-24(9-6-21)31-25(30)29-15-13-28(14-16-29)12-10-22-3-2-11-26-19-22/h2-9,11,18-19H,10,12-17H2,1H3. The van der Waals surface area contributed by atoms with Crippen LogP contribution < -0.4 is 4.74 Å². The van der Waals surface area contributed by atoms with Gasteiger partial charge >= 0.3 is 6.09 Å². The minimum Gasteiger partial charge on any atom is -0.410 e. The van der Waals surface area contributed by atoms with Gasteiger partial charge in [-0.3, -0.25) is 14.9 Å². The minimum absolute atomic E-state index is 0.278. The van der Waals surface area contributed by atoms with E-state index in [1.165, 1.54) is 5.56 Å². The zero-order valence-electron chi connectivity index (χ0n) is 17.9. The molecule has 0 N–H and O–H groups in total. The van der Waals surface area contributed by atoms with E-state index >= 15 is 0 Å². The number of nitrogens with zero attached hydrogens (tertiary/aromatic N) is 4. The molecule has 0 radical (unpaired) electrons. The lowest BCUT2D eigenvalue weighted by molar-refractivity contribution is 0.111. The number of hydrogen-bond donors (Lipinski definition) is 0. The maximum absolute atomic E-state index is 12.5. The zero-order valence-corrected chi connectivity index (χ0v) is 17.9. The van der Waals surface area contributed by atoms with Crippen LogP contribution in [0.2, 0.25) is 0 Å². The smallest absolute Gasteiger partial charge is 0.410 e.